The zero-order valence-electron chi connectivity index (χ0n) is 21.2. The molecule has 4 heterocycles. The number of amides is 1. The van der Waals surface area contributed by atoms with Crippen LogP contribution < -0.4 is 15.8 Å². The smallest absolute Gasteiger partial charge is 0.306 e. The predicted octanol–water partition coefficient (Wildman–Crippen LogP) is 2.56. The third kappa shape index (κ3) is 7.25. The van der Waals surface area contributed by atoms with Gasteiger partial charge in [-0.2, -0.15) is 0 Å². The molecule has 9 nitrogen and oxygen atoms in total. The fourth-order valence-corrected chi connectivity index (χ4v) is 5.54. The number of unbranched alkanes of at least 4 members (excludes halogenated alkanes) is 2. The zero-order chi connectivity index (χ0) is 25.5. The van der Waals surface area contributed by atoms with Crippen molar-refractivity contribution in [3.05, 3.63) is 22.7 Å². The third-order valence-corrected chi connectivity index (χ3v) is 7.84. The van der Waals surface area contributed by atoms with Crippen molar-refractivity contribution >= 4 is 29.2 Å². The van der Waals surface area contributed by atoms with Gasteiger partial charge in [0.1, 0.15) is 11.9 Å². The van der Waals surface area contributed by atoms with E-state index < -0.39 is 0 Å². The number of hydrogen-bond donors (Lipinski definition) is 2. The molecular weight excluding hydrogens is 484 g/mol. The molecule has 0 unspecified atom stereocenters. The topological polar surface area (TPSA) is 106 Å². The van der Waals surface area contributed by atoms with Gasteiger partial charge in [0.05, 0.1) is 36.1 Å². The van der Waals surface area contributed by atoms with Crippen molar-refractivity contribution < 1.29 is 23.8 Å². The number of nitrogens with one attached hydrogen (secondary N) is 1. The molecule has 4 aliphatic rings. The number of carbonyl (C=O) groups is 2. The van der Waals surface area contributed by atoms with Gasteiger partial charge in [0.2, 0.25) is 0 Å². The number of rotatable bonds is 11. The number of fused-ring (bicyclic) bond motifs is 3. The van der Waals surface area contributed by atoms with Crippen LogP contribution in [0.5, 0.6) is 5.75 Å². The summed E-state index contributed by atoms with van der Waals surface area (Å²) in [7, 11) is 1.49. The van der Waals surface area contributed by atoms with Gasteiger partial charge in [-0.15, -0.1) is 0 Å². The standard InChI is InChI=1S/C26H39ClN4O5/c1-34-23-14-22(28)21(27)13-20(23)26(33)29-15-19-16-30(11-12-35-19)8-4-2-3-5-25(32)36-24-17-31-9-6-18(24)7-10-31/h13-14,18-19,24H,2-12,15-17,28H2,1H3,(H,29,33)/t19-,24+/m1/s1. The van der Waals surface area contributed by atoms with E-state index in [-0.39, 0.29) is 24.1 Å². The Morgan fingerprint density at radius 3 is 2.69 bits per heavy atom. The van der Waals surface area contributed by atoms with E-state index in [1.807, 2.05) is 0 Å². The maximum absolute atomic E-state index is 12.7. The highest BCUT2D eigenvalue weighted by Gasteiger charge is 2.36. The average Bonchev–Trinajstić information content (AvgIpc) is 2.89. The van der Waals surface area contributed by atoms with Gasteiger partial charge in [0.25, 0.3) is 5.91 Å². The number of halogens is 1. The lowest BCUT2D eigenvalue weighted by Crippen LogP contribution is -2.51. The minimum absolute atomic E-state index is 0.0463. The number of esters is 1. The van der Waals surface area contributed by atoms with Crippen molar-refractivity contribution in [1.82, 2.24) is 15.1 Å². The number of nitrogens with zero attached hydrogens (tertiary/aromatic N) is 2. The van der Waals surface area contributed by atoms with Crippen LogP contribution in [0.3, 0.4) is 0 Å². The number of ether oxygens (including phenoxy) is 3. The van der Waals surface area contributed by atoms with E-state index in [1.165, 1.54) is 13.2 Å². The van der Waals surface area contributed by atoms with E-state index in [0.717, 1.165) is 71.4 Å². The Labute approximate surface area is 218 Å². The van der Waals surface area contributed by atoms with Gasteiger partial charge in [0.15, 0.2) is 0 Å². The molecule has 0 radical (unpaired) electrons. The Hall–Kier alpha value is -2.07. The van der Waals surface area contributed by atoms with E-state index in [2.05, 4.69) is 15.1 Å². The molecule has 5 rings (SSSR count). The fourth-order valence-electron chi connectivity index (χ4n) is 5.38. The third-order valence-electron chi connectivity index (χ3n) is 7.51. The second-order valence-corrected chi connectivity index (χ2v) is 10.5. The number of carbonyl (C=O) groups excluding carboxylic acids is 2. The first-order chi connectivity index (χ1) is 17.4. The molecule has 0 aromatic heterocycles. The second-order valence-electron chi connectivity index (χ2n) is 10.1. The Morgan fingerprint density at radius 2 is 1.97 bits per heavy atom. The average molecular weight is 523 g/mol. The van der Waals surface area contributed by atoms with Crippen molar-refractivity contribution in [2.75, 3.05) is 65.3 Å². The molecular formula is C26H39ClN4O5. The van der Waals surface area contributed by atoms with Gasteiger partial charge < -0.3 is 25.3 Å². The molecule has 0 saturated carbocycles. The van der Waals surface area contributed by atoms with Crippen LogP contribution in [-0.2, 0) is 14.3 Å². The normalized spacial score (nSPS) is 25.9. The SMILES string of the molecule is COc1cc(N)c(Cl)cc1C(=O)NC[C@@H]1CN(CCCCCC(=O)O[C@H]2CN3CCC2CC3)CCO1. The van der Waals surface area contributed by atoms with Gasteiger partial charge in [-0.1, -0.05) is 18.0 Å². The maximum Gasteiger partial charge on any atom is 0.306 e. The van der Waals surface area contributed by atoms with Gasteiger partial charge in [-0.25, -0.2) is 0 Å². The molecule has 2 bridgehead atoms. The van der Waals surface area contributed by atoms with Crippen LogP contribution in [-0.4, -0.2) is 93.4 Å². The van der Waals surface area contributed by atoms with Crippen molar-refractivity contribution in [1.29, 1.82) is 0 Å². The molecule has 2 atom stereocenters. The second kappa shape index (κ2) is 12.9. The zero-order valence-corrected chi connectivity index (χ0v) is 21.9. The largest absolute Gasteiger partial charge is 0.496 e. The van der Waals surface area contributed by atoms with Crippen LogP contribution in [0.4, 0.5) is 5.69 Å². The lowest BCUT2D eigenvalue weighted by Gasteiger charge is -2.43. The summed E-state index contributed by atoms with van der Waals surface area (Å²) in [6.45, 7) is 6.81. The molecule has 10 heteroatoms. The predicted molar refractivity (Wildman–Crippen MR) is 138 cm³/mol. The monoisotopic (exact) mass is 522 g/mol. The fraction of sp³-hybridized carbons (Fsp3) is 0.692. The van der Waals surface area contributed by atoms with Crippen molar-refractivity contribution in [2.45, 2.75) is 50.7 Å². The van der Waals surface area contributed by atoms with Gasteiger partial charge in [-0.05, 0) is 57.3 Å². The molecule has 4 saturated heterocycles. The Balaban J connectivity index is 1.11. The molecule has 0 aliphatic carbocycles. The highest BCUT2D eigenvalue weighted by molar-refractivity contribution is 6.33. The first-order valence-electron chi connectivity index (χ1n) is 13.1. The van der Waals surface area contributed by atoms with E-state index in [1.54, 1.807) is 6.07 Å². The quantitative estimate of drug-likeness (QED) is 0.259. The molecule has 36 heavy (non-hydrogen) atoms. The van der Waals surface area contributed by atoms with Gasteiger partial charge in [0, 0.05) is 38.7 Å². The number of piperidine rings is 3. The Morgan fingerprint density at radius 1 is 1.17 bits per heavy atom. The first kappa shape index (κ1) is 27.0. The van der Waals surface area contributed by atoms with Crippen LogP contribution in [0.2, 0.25) is 5.02 Å². The molecule has 1 amide bonds. The van der Waals surface area contributed by atoms with Gasteiger partial charge >= 0.3 is 5.97 Å². The van der Waals surface area contributed by atoms with E-state index >= 15 is 0 Å². The number of hydrogen-bond acceptors (Lipinski definition) is 8. The van der Waals surface area contributed by atoms with Gasteiger partial charge in [-0.3, -0.25) is 19.4 Å². The number of methoxy groups -OCH3 is 1. The number of nitrogen functional groups attached to an aromatic ring is 1. The minimum Gasteiger partial charge on any atom is -0.496 e. The maximum atomic E-state index is 12.7. The van der Waals surface area contributed by atoms with Crippen LogP contribution in [0.15, 0.2) is 12.1 Å². The molecule has 3 N–H and O–H groups in total. The molecule has 4 fully saturated rings. The molecule has 1 aromatic rings. The summed E-state index contributed by atoms with van der Waals surface area (Å²) in [5.41, 5.74) is 6.51. The molecule has 4 aliphatic heterocycles. The van der Waals surface area contributed by atoms with Crippen LogP contribution in [0.25, 0.3) is 0 Å². The molecule has 200 valence electrons. The lowest BCUT2D eigenvalue weighted by atomic mass is 9.86. The lowest BCUT2D eigenvalue weighted by molar-refractivity contribution is -0.158. The first-order valence-corrected chi connectivity index (χ1v) is 13.5. The van der Waals surface area contributed by atoms with Crippen molar-refractivity contribution in [3.63, 3.8) is 0 Å². The Kier molecular flexibility index (Phi) is 9.70. The highest BCUT2D eigenvalue weighted by atomic mass is 35.5. The van der Waals surface area contributed by atoms with Crippen LogP contribution in [0.1, 0.15) is 48.9 Å². The van der Waals surface area contributed by atoms with Crippen LogP contribution >= 0.6 is 11.6 Å². The minimum atomic E-state index is -0.278. The van der Waals surface area contributed by atoms with E-state index in [4.69, 9.17) is 31.5 Å². The summed E-state index contributed by atoms with van der Waals surface area (Å²) < 4.78 is 16.9. The van der Waals surface area contributed by atoms with Crippen molar-refractivity contribution in [3.8, 4) is 5.75 Å². The number of morpholine rings is 1. The highest BCUT2D eigenvalue weighted by Crippen LogP contribution is 2.30. The van der Waals surface area contributed by atoms with E-state index in [9.17, 15) is 9.59 Å². The summed E-state index contributed by atoms with van der Waals surface area (Å²) in [5, 5.41) is 3.23. The number of anilines is 1. The summed E-state index contributed by atoms with van der Waals surface area (Å²) in [6, 6.07) is 3.07. The van der Waals surface area contributed by atoms with E-state index in [0.29, 0.717) is 47.5 Å². The molecule has 0 spiro atoms. The number of nitrogens with two attached hydrogens (primary N) is 1. The summed E-state index contributed by atoms with van der Waals surface area (Å²) in [4.78, 5) is 29.7. The summed E-state index contributed by atoms with van der Waals surface area (Å²) in [6.07, 6.45) is 5.70. The van der Waals surface area contributed by atoms with Crippen LogP contribution in [0, 0.1) is 5.92 Å². The summed E-state index contributed by atoms with van der Waals surface area (Å²) >= 11 is 6.08. The van der Waals surface area contributed by atoms with Crippen molar-refractivity contribution in [2.24, 2.45) is 5.92 Å². The number of benzene rings is 1. The molecule has 1 aromatic carbocycles. The summed E-state index contributed by atoms with van der Waals surface area (Å²) in [5.74, 6) is 0.618. The Bertz CT molecular complexity index is 909.